The van der Waals surface area contributed by atoms with Gasteiger partial charge in [-0.1, -0.05) is 0 Å². The molecule has 7 N–H and O–H groups in total. The Morgan fingerprint density at radius 3 is 2.50 bits per heavy atom. The highest BCUT2D eigenvalue weighted by molar-refractivity contribution is 6.02. The number of imide groups is 1. The minimum absolute atomic E-state index is 0.00164. The number of guanidine groups is 2. The molecule has 3 atom stereocenters. The molecule has 0 aliphatic carbocycles. The maximum Gasteiger partial charge on any atom is 0.229 e. The topological polar surface area (TPSA) is 165 Å². The van der Waals surface area contributed by atoms with E-state index in [0.717, 1.165) is 4.90 Å². The van der Waals surface area contributed by atoms with Gasteiger partial charge in [-0.3, -0.25) is 25.3 Å². The number of likely N-dealkylation sites (tertiary alicyclic amines) is 1. The summed E-state index contributed by atoms with van der Waals surface area (Å²) in [5.74, 6) is -2.86. The van der Waals surface area contributed by atoms with Gasteiger partial charge in [-0.2, -0.15) is 0 Å². The van der Waals surface area contributed by atoms with Gasteiger partial charge in [-0.25, -0.2) is 0 Å². The lowest BCUT2D eigenvalue weighted by molar-refractivity contribution is -0.223. The third kappa shape index (κ3) is 1.73. The molecule has 0 saturated carbocycles. The first-order valence-electron chi connectivity index (χ1n) is 7.80. The van der Waals surface area contributed by atoms with Crippen LogP contribution in [0.2, 0.25) is 0 Å². The van der Waals surface area contributed by atoms with Gasteiger partial charge in [-0.05, 0) is 0 Å². The predicted molar refractivity (Wildman–Crippen MR) is 79.6 cm³/mol. The lowest BCUT2D eigenvalue weighted by Crippen LogP contribution is -2.80. The zero-order valence-electron chi connectivity index (χ0n) is 12.8. The van der Waals surface area contributed by atoms with Crippen molar-refractivity contribution in [3.63, 3.8) is 0 Å². The molecular formula is C13H19N7O4. The molecule has 4 saturated heterocycles. The summed E-state index contributed by atoms with van der Waals surface area (Å²) in [7, 11) is 0. The van der Waals surface area contributed by atoms with Crippen LogP contribution in [0.25, 0.3) is 0 Å². The van der Waals surface area contributed by atoms with E-state index < -0.39 is 23.5 Å². The maximum absolute atomic E-state index is 11.9. The van der Waals surface area contributed by atoms with E-state index in [-0.39, 0.29) is 56.1 Å². The zero-order chi connectivity index (χ0) is 17.3. The summed E-state index contributed by atoms with van der Waals surface area (Å²) in [5, 5.41) is 45.6. The van der Waals surface area contributed by atoms with Crippen molar-refractivity contribution in [1.82, 2.24) is 25.8 Å². The van der Waals surface area contributed by atoms with Crippen LogP contribution in [0.4, 0.5) is 0 Å². The smallest absolute Gasteiger partial charge is 0.229 e. The average molecular weight is 337 g/mol. The average Bonchev–Trinajstić information content (AvgIpc) is 3.10. The monoisotopic (exact) mass is 337 g/mol. The van der Waals surface area contributed by atoms with Crippen LogP contribution in [0.3, 0.4) is 0 Å². The van der Waals surface area contributed by atoms with Crippen LogP contribution in [0, 0.1) is 10.8 Å². The molecule has 3 unspecified atom stereocenters. The molecule has 0 aromatic rings. The Morgan fingerprint density at radius 1 is 1.17 bits per heavy atom. The summed E-state index contributed by atoms with van der Waals surface area (Å²) >= 11 is 0. The van der Waals surface area contributed by atoms with E-state index in [1.165, 1.54) is 4.90 Å². The van der Waals surface area contributed by atoms with E-state index in [1.54, 1.807) is 0 Å². The maximum atomic E-state index is 11.9. The van der Waals surface area contributed by atoms with Crippen molar-refractivity contribution in [3.05, 3.63) is 0 Å². The van der Waals surface area contributed by atoms with Crippen molar-refractivity contribution in [3.8, 4) is 0 Å². The van der Waals surface area contributed by atoms with Gasteiger partial charge in [0.25, 0.3) is 0 Å². The second-order valence-electron chi connectivity index (χ2n) is 6.60. The molecule has 4 fully saturated rings. The Balaban J connectivity index is 1.70. The number of carbonyl (C=O) groups excluding carboxylic acids is 2. The van der Waals surface area contributed by atoms with E-state index >= 15 is 0 Å². The molecule has 1 spiro atoms. The van der Waals surface area contributed by atoms with Crippen molar-refractivity contribution >= 4 is 23.7 Å². The van der Waals surface area contributed by atoms with E-state index in [9.17, 15) is 19.8 Å². The molecule has 4 heterocycles. The fourth-order valence-corrected chi connectivity index (χ4v) is 4.19. The zero-order valence-corrected chi connectivity index (χ0v) is 12.8. The van der Waals surface area contributed by atoms with Crippen molar-refractivity contribution in [2.24, 2.45) is 0 Å². The lowest BCUT2D eigenvalue weighted by Gasteiger charge is -2.51. The second-order valence-corrected chi connectivity index (χ2v) is 6.60. The van der Waals surface area contributed by atoms with Gasteiger partial charge in [0.15, 0.2) is 17.6 Å². The SMILES string of the molecule is N=C1NC2C(CN3C(=O)CCC3=O)NC(=N)N3CCC(O)(O)C23N1. The van der Waals surface area contributed by atoms with Crippen molar-refractivity contribution < 1.29 is 19.8 Å². The summed E-state index contributed by atoms with van der Waals surface area (Å²) in [6.07, 6.45) is 0.330. The van der Waals surface area contributed by atoms with Crippen molar-refractivity contribution in [1.29, 1.82) is 10.8 Å². The molecule has 4 aliphatic rings. The molecule has 0 aromatic heterocycles. The fourth-order valence-electron chi connectivity index (χ4n) is 4.19. The van der Waals surface area contributed by atoms with Crippen LogP contribution in [-0.4, -0.2) is 80.4 Å². The van der Waals surface area contributed by atoms with E-state index in [2.05, 4.69) is 16.0 Å². The number of nitrogens with one attached hydrogen (secondary N) is 5. The standard InChI is InChI=1S/C13H19N7O4/c14-10-17-9-6(5-19-7(21)1-2-8(19)22)16-11(15)20-4-3-12(23,24)13(9,20)18-10/h6,9,23-24H,1-5H2,(H2,15,16)(H3,14,17,18). The van der Waals surface area contributed by atoms with Gasteiger partial charge in [0.1, 0.15) is 0 Å². The third-order valence-electron chi connectivity index (χ3n) is 5.31. The Kier molecular flexibility index (Phi) is 2.89. The Labute approximate surface area is 137 Å². The van der Waals surface area contributed by atoms with Crippen LogP contribution in [-0.2, 0) is 9.59 Å². The van der Waals surface area contributed by atoms with Crippen LogP contribution < -0.4 is 16.0 Å². The van der Waals surface area contributed by atoms with Crippen LogP contribution in [0.5, 0.6) is 0 Å². The number of rotatable bonds is 2. The molecule has 11 nitrogen and oxygen atoms in total. The highest BCUT2D eigenvalue weighted by Gasteiger charge is 2.70. The first kappa shape index (κ1) is 15.1. The van der Waals surface area contributed by atoms with Crippen LogP contribution >= 0.6 is 0 Å². The van der Waals surface area contributed by atoms with E-state index in [4.69, 9.17) is 10.8 Å². The second kappa shape index (κ2) is 4.57. The number of amides is 2. The van der Waals surface area contributed by atoms with Crippen LogP contribution in [0.15, 0.2) is 0 Å². The van der Waals surface area contributed by atoms with Crippen molar-refractivity contribution in [2.45, 2.75) is 42.8 Å². The lowest BCUT2D eigenvalue weighted by atomic mass is 9.85. The van der Waals surface area contributed by atoms with Gasteiger partial charge in [0, 0.05) is 25.8 Å². The van der Waals surface area contributed by atoms with Gasteiger partial charge < -0.3 is 31.1 Å². The van der Waals surface area contributed by atoms with Gasteiger partial charge in [0.2, 0.25) is 17.6 Å². The Hall–Kier alpha value is -2.40. The number of nitrogens with zero attached hydrogens (tertiary/aromatic N) is 2. The van der Waals surface area contributed by atoms with E-state index in [0.29, 0.717) is 0 Å². The summed E-state index contributed by atoms with van der Waals surface area (Å²) in [6, 6.07) is -1.34. The molecule has 0 aromatic carbocycles. The highest BCUT2D eigenvalue weighted by atomic mass is 16.5. The molecule has 0 bridgehead atoms. The number of aliphatic hydroxyl groups is 2. The predicted octanol–water partition coefficient (Wildman–Crippen LogP) is -3.38. The fraction of sp³-hybridized carbons (Fsp3) is 0.692. The summed E-state index contributed by atoms with van der Waals surface area (Å²) in [4.78, 5) is 26.4. The normalized spacial score (nSPS) is 37.1. The van der Waals surface area contributed by atoms with Gasteiger partial charge >= 0.3 is 0 Å². The summed E-state index contributed by atoms with van der Waals surface area (Å²) in [6.45, 7) is 0.226. The first-order chi connectivity index (χ1) is 11.3. The molecule has 0 radical (unpaired) electrons. The third-order valence-corrected chi connectivity index (χ3v) is 5.31. The van der Waals surface area contributed by atoms with Gasteiger partial charge in [-0.15, -0.1) is 0 Å². The quantitative estimate of drug-likeness (QED) is 0.202. The molecule has 130 valence electrons. The van der Waals surface area contributed by atoms with Crippen molar-refractivity contribution in [2.75, 3.05) is 13.1 Å². The minimum Gasteiger partial charge on any atom is -0.362 e. The van der Waals surface area contributed by atoms with Crippen LogP contribution in [0.1, 0.15) is 19.3 Å². The molecule has 4 rings (SSSR count). The number of carbonyl (C=O) groups is 2. The summed E-state index contributed by atoms with van der Waals surface area (Å²) < 4.78 is 0. The minimum atomic E-state index is -2.17. The summed E-state index contributed by atoms with van der Waals surface area (Å²) in [5.41, 5.74) is -1.48. The molecular weight excluding hydrogens is 318 g/mol. The highest BCUT2D eigenvalue weighted by Crippen LogP contribution is 2.42. The van der Waals surface area contributed by atoms with E-state index in [1.807, 2.05) is 0 Å². The first-order valence-corrected chi connectivity index (χ1v) is 7.80. The molecule has 2 amide bonds. The molecule has 4 aliphatic heterocycles. The van der Waals surface area contributed by atoms with Gasteiger partial charge in [0.05, 0.1) is 18.6 Å². The Bertz CT molecular complexity index is 649. The number of hydrogen-bond donors (Lipinski definition) is 7. The Morgan fingerprint density at radius 2 is 1.83 bits per heavy atom. The largest absolute Gasteiger partial charge is 0.362 e. The number of hydrogen-bond acceptors (Lipinski definition) is 6. The molecule has 24 heavy (non-hydrogen) atoms. The molecule has 11 heteroatoms.